The van der Waals surface area contributed by atoms with E-state index in [9.17, 15) is 0 Å². The van der Waals surface area contributed by atoms with E-state index in [1.54, 1.807) is 17.2 Å². The van der Waals surface area contributed by atoms with Crippen molar-refractivity contribution in [2.45, 2.75) is 0 Å². The van der Waals surface area contributed by atoms with Crippen LogP contribution in [-0.2, 0) is 0 Å². The maximum Gasteiger partial charge on any atom is 0.143 e. The average molecular weight is 212 g/mol. The summed E-state index contributed by atoms with van der Waals surface area (Å²) >= 11 is 0. The van der Waals surface area contributed by atoms with Gasteiger partial charge in [-0.15, -0.1) is 5.10 Å². The van der Waals surface area contributed by atoms with Crippen LogP contribution in [-0.4, -0.2) is 30.4 Å². The van der Waals surface area contributed by atoms with Crippen LogP contribution in [0.2, 0.25) is 0 Å². The first-order chi connectivity index (χ1) is 7.93. The highest BCUT2D eigenvalue weighted by atomic mass is 15.5. The van der Waals surface area contributed by atoms with Gasteiger partial charge in [0.15, 0.2) is 0 Å². The maximum absolute atomic E-state index is 3.92. The number of hydrogen-bond acceptors (Lipinski definition) is 4. The summed E-state index contributed by atoms with van der Waals surface area (Å²) in [4.78, 5) is 0. The normalized spacial score (nSPS) is 10.5. The molecule has 0 amide bonds. The minimum absolute atomic E-state index is 0.914. The lowest BCUT2D eigenvalue weighted by atomic mass is 10.1. The zero-order valence-corrected chi connectivity index (χ0v) is 8.28. The fourth-order valence-corrected chi connectivity index (χ4v) is 1.51. The van der Waals surface area contributed by atoms with E-state index in [1.165, 1.54) is 0 Å². The molecule has 0 fully saturated rings. The van der Waals surface area contributed by atoms with Gasteiger partial charge in [0.05, 0.1) is 11.4 Å². The molecule has 0 aliphatic rings. The zero-order chi connectivity index (χ0) is 10.8. The van der Waals surface area contributed by atoms with Crippen molar-refractivity contribution in [3.63, 3.8) is 0 Å². The second-order valence-corrected chi connectivity index (χ2v) is 3.28. The van der Waals surface area contributed by atoms with Gasteiger partial charge >= 0.3 is 0 Å². The average Bonchev–Trinajstić information content (AvgIpc) is 3.03. The monoisotopic (exact) mass is 212 g/mol. The Kier molecular flexibility index (Phi) is 1.96. The number of nitrogens with zero attached hydrogens (tertiary/aromatic N) is 5. The Labute approximate surface area is 90.9 Å². The highest BCUT2D eigenvalue weighted by Crippen LogP contribution is 2.18. The molecule has 3 rings (SSSR count). The lowest BCUT2D eigenvalue weighted by Gasteiger charge is -2.01. The molecule has 2 heterocycles. The molecular formula is C10H8N6. The minimum Gasteiger partial charge on any atom is -0.278 e. The Hall–Kier alpha value is -2.50. The Morgan fingerprint density at radius 3 is 2.94 bits per heavy atom. The molecule has 2 aromatic heterocycles. The molecule has 0 atom stereocenters. The fourth-order valence-electron chi connectivity index (χ4n) is 1.51. The summed E-state index contributed by atoms with van der Waals surface area (Å²) in [5.74, 6) is 0. The van der Waals surface area contributed by atoms with Crippen molar-refractivity contribution in [3.05, 3.63) is 42.9 Å². The lowest BCUT2D eigenvalue weighted by Crippen LogP contribution is -1.95. The molecule has 6 heteroatoms. The quantitative estimate of drug-likeness (QED) is 0.689. The second-order valence-electron chi connectivity index (χ2n) is 3.28. The smallest absolute Gasteiger partial charge is 0.143 e. The van der Waals surface area contributed by atoms with Crippen LogP contribution in [0, 0.1) is 0 Å². The number of benzene rings is 1. The van der Waals surface area contributed by atoms with Crippen LogP contribution in [0.4, 0.5) is 0 Å². The molecule has 78 valence electrons. The molecule has 1 N–H and O–H groups in total. The van der Waals surface area contributed by atoms with Gasteiger partial charge < -0.3 is 0 Å². The van der Waals surface area contributed by atoms with E-state index in [-0.39, 0.29) is 0 Å². The minimum atomic E-state index is 0.914. The topological polar surface area (TPSA) is 72.3 Å². The van der Waals surface area contributed by atoms with Crippen LogP contribution in [0.15, 0.2) is 42.9 Å². The van der Waals surface area contributed by atoms with Gasteiger partial charge in [-0.05, 0) is 28.6 Å². The van der Waals surface area contributed by atoms with Gasteiger partial charge in [-0.3, -0.25) is 5.10 Å². The number of aromatic amines is 1. The van der Waals surface area contributed by atoms with Crippen molar-refractivity contribution in [3.8, 4) is 16.9 Å². The van der Waals surface area contributed by atoms with E-state index in [2.05, 4.69) is 25.7 Å². The largest absolute Gasteiger partial charge is 0.278 e. The highest BCUT2D eigenvalue weighted by molar-refractivity contribution is 5.61. The molecule has 1 aromatic carbocycles. The molecule has 0 radical (unpaired) electrons. The predicted molar refractivity (Wildman–Crippen MR) is 56.7 cm³/mol. The van der Waals surface area contributed by atoms with Crippen LogP contribution in [0.5, 0.6) is 0 Å². The van der Waals surface area contributed by atoms with Gasteiger partial charge in [0, 0.05) is 11.8 Å². The van der Waals surface area contributed by atoms with Crippen molar-refractivity contribution < 1.29 is 0 Å². The Balaban J connectivity index is 2.07. The van der Waals surface area contributed by atoms with Gasteiger partial charge in [-0.2, -0.15) is 5.10 Å². The summed E-state index contributed by atoms with van der Waals surface area (Å²) in [7, 11) is 0. The Morgan fingerprint density at radius 2 is 2.19 bits per heavy atom. The summed E-state index contributed by atoms with van der Waals surface area (Å²) in [6, 6.07) is 9.80. The molecule has 3 aromatic rings. The van der Waals surface area contributed by atoms with Crippen LogP contribution in [0.3, 0.4) is 0 Å². The second kappa shape index (κ2) is 3.58. The number of H-pyrrole nitrogens is 1. The molecule has 16 heavy (non-hydrogen) atoms. The van der Waals surface area contributed by atoms with E-state index in [4.69, 9.17) is 0 Å². The third kappa shape index (κ3) is 1.46. The number of rotatable bonds is 2. The van der Waals surface area contributed by atoms with Crippen molar-refractivity contribution in [1.82, 2.24) is 30.4 Å². The molecule has 0 bridgehead atoms. The van der Waals surface area contributed by atoms with E-state index >= 15 is 0 Å². The highest BCUT2D eigenvalue weighted by Gasteiger charge is 2.02. The SMILES string of the molecule is c1cc(-c2ccn[nH]2)cc(-n2cnnn2)c1. The molecule has 0 saturated heterocycles. The molecule has 0 saturated carbocycles. The molecular weight excluding hydrogens is 204 g/mol. The first kappa shape index (κ1) is 8.78. The van der Waals surface area contributed by atoms with E-state index < -0.39 is 0 Å². The standard InChI is InChI=1S/C10H8N6/c1-2-8(10-4-5-11-13-10)6-9(3-1)16-7-12-14-15-16/h1-7H,(H,11,13). The van der Waals surface area contributed by atoms with Gasteiger partial charge in [0.1, 0.15) is 6.33 Å². The van der Waals surface area contributed by atoms with Crippen LogP contribution in [0.1, 0.15) is 0 Å². The Bertz CT molecular complexity index is 520. The van der Waals surface area contributed by atoms with Crippen molar-refractivity contribution in [2.75, 3.05) is 0 Å². The van der Waals surface area contributed by atoms with Crippen LogP contribution >= 0.6 is 0 Å². The van der Waals surface area contributed by atoms with Gasteiger partial charge in [-0.25, -0.2) is 4.68 Å². The Morgan fingerprint density at radius 1 is 1.19 bits per heavy atom. The van der Waals surface area contributed by atoms with E-state index in [1.807, 2.05) is 30.3 Å². The lowest BCUT2D eigenvalue weighted by molar-refractivity contribution is 0.789. The summed E-state index contributed by atoms with van der Waals surface area (Å²) in [5, 5.41) is 17.9. The fraction of sp³-hybridized carbons (Fsp3) is 0. The van der Waals surface area contributed by atoms with Crippen molar-refractivity contribution in [2.24, 2.45) is 0 Å². The molecule has 6 nitrogen and oxygen atoms in total. The molecule has 0 aliphatic carbocycles. The summed E-state index contributed by atoms with van der Waals surface area (Å²) in [5.41, 5.74) is 2.93. The number of hydrogen-bond donors (Lipinski definition) is 1. The first-order valence-corrected chi connectivity index (χ1v) is 4.77. The number of nitrogens with one attached hydrogen (secondary N) is 1. The van der Waals surface area contributed by atoms with Crippen molar-refractivity contribution >= 4 is 0 Å². The molecule has 0 spiro atoms. The predicted octanol–water partition coefficient (Wildman–Crippen LogP) is 1.05. The van der Waals surface area contributed by atoms with Gasteiger partial charge in [-0.1, -0.05) is 12.1 Å². The zero-order valence-electron chi connectivity index (χ0n) is 8.28. The van der Waals surface area contributed by atoms with Crippen LogP contribution < -0.4 is 0 Å². The van der Waals surface area contributed by atoms with Crippen molar-refractivity contribution in [1.29, 1.82) is 0 Å². The summed E-state index contributed by atoms with van der Waals surface area (Å²) in [6.45, 7) is 0. The molecule has 0 unspecified atom stereocenters. The van der Waals surface area contributed by atoms with E-state index in [0.29, 0.717) is 0 Å². The van der Waals surface area contributed by atoms with Gasteiger partial charge in [0.25, 0.3) is 0 Å². The molecule has 0 aliphatic heterocycles. The maximum atomic E-state index is 3.92. The summed E-state index contributed by atoms with van der Waals surface area (Å²) < 4.78 is 1.61. The van der Waals surface area contributed by atoms with E-state index in [0.717, 1.165) is 16.9 Å². The number of tetrazole rings is 1. The first-order valence-electron chi connectivity index (χ1n) is 4.77. The third-order valence-corrected chi connectivity index (χ3v) is 2.27. The van der Waals surface area contributed by atoms with Crippen LogP contribution in [0.25, 0.3) is 16.9 Å². The van der Waals surface area contributed by atoms with Gasteiger partial charge in [0.2, 0.25) is 0 Å². The third-order valence-electron chi connectivity index (χ3n) is 2.27. The summed E-state index contributed by atoms with van der Waals surface area (Å²) in [6.07, 6.45) is 3.28. The number of aromatic nitrogens is 6.